The second-order valence-electron chi connectivity index (χ2n) is 9.41. The lowest BCUT2D eigenvalue weighted by Gasteiger charge is -2.03. The largest absolute Gasteiger partial charge is 0.291 e. The van der Waals surface area contributed by atoms with E-state index < -0.39 is 0 Å². The smallest absolute Gasteiger partial charge is 0.165 e. The van der Waals surface area contributed by atoms with Crippen molar-refractivity contribution >= 4 is 80.9 Å². The zero-order valence-electron chi connectivity index (χ0n) is 19.1. The van der Waals surface area contributed by atoms with Gasteiger partial charge in [0.2, 0.25) is 0 Å². The molecule has 0 saturated heterocycles. The molecule has 9 rings (SSSR count). The lowest BCUT2D eigenvalue weighted by molar-refractivity contribution is 1.28. The molecule has 0 saturated carbocycles. The summed E-state index contributed by atoms with van der Waals surface area (Å²) in [5.74, 6) is 0. The standard InChI is InChI=1S/C32H17N3S/c1-2-9-18(10-3-1)19-12-8-13-21-27-26(36-31(19)21)17-22-20-11-4-7-16-25(20)35-30(22)28(27)29-32(35)34-24-15-6-5-14-23(24)33-29/h1-17H. The van der Waals surface area contributed by atoms with Gasteiger partial charge in [0.05, 0.1) is 22.1 Å². The Hall–Kier alpha value is -4.54. The van der Waals surface area contributed by atoms with E-state index in [0.717, 1.165) is 22.2 Å². The van der Waals surface area contributed by atoms with Crippen molar-refractivity contribution in [2.24, 2.45) is 0 Å². The first-order chi connectivity index (χ1) is 17.9. The molecular formula is C32H17N3S. The molecule has 0 bridgehead atoms. The average molecular weight is 476 g/mol. The van der Waals surface area contributed by atoms with Crippen molar-refractivity contribution in [3.63, 3.8) is 0 Å². The number of thiophene rings is 1. The van der Waals surface area contributed by atoms with Gasteiger partial charge in [-0.1, -0.05) is 78.9 Å². The Morgan fingerprint density at radius 3 is 2.25 bits per heavy atom. The van der Waals surface area contributed by atoms with E-state index in [1.54, 1.807) is 0 Å². The Morgan fingerprint density at radius 2 is 1.36 bits per heavy atom. The fourth-order valence-electron chi connectivity index (χ4n) is 6.01. The molecule has 3 nitrogen and oxygen atoms in total. The molecule has 5 aromatic carbocycles. The minimum absolute atomic E-state index is 0.924. The summed E-state index contributed by atoms with van der Waals surface area (Å²) < 4.78 is 4.95. The number of aromatic nitrogens is 3. The Kier molecular flexibility index (Phi) is 3.42. The molecule has 0 spiro atoms. The van der Waals surface area contributed by atoms with Crippen LogP contribution in [0, 0.1) is 0 Å². The zero-order valence-corrected chi connectivity index (χ0v) is 19.9. The molecule has 0 aliphatic rings. The van der Waals surface area contributed by atoms with Crippen molar-refractivity contribution in [2.45, 2.75) is 0 Å². The topological polar surface area (TPSA) is 30.2 Å². The van der Waals surface area contributed by atoms with E-state index in [9.17, 15) is 0 Å². The van der Waals surface area contributed by atoms with Crippen LogP contribution in [0.1, 0.15) is 0 Å². The molecular weight excluding hydrogens is 458 g/mol. The molecule has 0 aliphatic carbocycles. The third kappa shape index (κ3) is 2.23. The number of hydrogen-bond donors (Lipinski definition) is 0. The van der Waals surface area contributed by atoms with Gasteiger partial charge in [0, 0.05) is 36.3 Å². The lowest BCUT2D eigenvalue weighted by atomic mass is 10.0. The predicted octanol–water partition coefficient (Wildman–Crippen LogP) is 8.81. The maximum absolute atomic E-state index is 5.21. The van der Waals surface area contributed by atoms with E-state index in [1.807, 2.05) is 23.5 Å². The molecule has 0 N–H and O–H groups in total. The summed E-state index contributed by atoms with van der Waals surface area (Å²) in [7, 11) is 0. The highest BCUT2D eigenvalue weighted by molar-refractivity contribution is 7.26. The number of hydrogen-bond acceptors (Lipinski definition) is 3. The van der Waals surface area contributed by atoms with Crippen LogP contribution in [0.25, 0.3) is 80.7 Å². The fraction of sp³-hybridized carbons (Fsp3) is 0. The SMILES string of the molecule is c1ccc(-c2cccc3c2sc2cc4c5ccccc5n5c6nc7ccccc7nc6c(c23)c45)cc1. The lowest BCUT2D eigenvalue weighted by Crippen LogP contribution is -1.88. The highest BCUT2D eigenvalue weighted by atomic mass is 32.1. The molecule has 4 heterocycles. The number of nitrogens with zero attached hydrogens (tertiary/aromatic N) is 3. The first kappa shape index (κ1) is 18.7. The summed E-state index contributed by atoms with van der Waals surface area (Å²) in [6, 6.07) is 36.6. The minimum Gasteiger partial charge on any atom is -0.291 e. The summed E-state index contributed by atoms with van der Waals surface area (Å²) in [4.78, 5) is 10.4. The third-order valence-corrected chi connectivity index (χ3v) is 8.69. The normalized spacial score (nSPS) is 12.4. The van der Waals surface area contributed by atoms with Gasteiger partial charge in [-0.05, 0) is 35.4 Å². The zero-order chi connectivity index (χ0) is 23.4. The van der Waals surface area contributed by atoms with Gasteiger partial charge in [0.1, 0.15) is 5.52 Å². The molecule has 0 radical (unpaired) electrons. The highest BCUT2D eigenvalue weighted by Crippen LogP contribution is 2.48. The van der Waals surface area contributed by atoms with Gasteiger partial charge in [-0.15, -0.1) is 11.3 Å². The monoisotopic (exact) mass is 475 g/mol. The van der Waals surface area contributed by atoms with Crippen LogP contribution in [-0.2, 0) is 0 Å². The molecule has 0 fully saturated rings. The second-order valence-corrected chi connectivity index (χ2v) is 10.5. The summed E-state index contributed by atoms with van der Waals surface area (Å²) in [5.41, 5.74) is 8.70. The van der Waals surface area contributed by atoms with Crippen LogP contribution >= 0.6 is 11.3 Å². The van der Waals surface area contributed by atoms with Gasteiger partial charge in [-0.3, -0.25) is 4.40 Å². The van der Waals surface area contributed by atoms with Crippen LogP contribution in [-0.4, -0.2) is 14.4 Å². The van der Waals surface area contributed by atoms with Crippen molar-refractivity contribution in [1.29, 1.82) is 0 Å². The molecule has 0 aliphatic heterocycles. The summed E-state index contributed by atoms with van der Waals surface area (Å²) in [6.45, 7) is 0. The predicted molar refractivity (Wildman–Crippen MR) is 153 cm³/mol. The van der Waals surface area contributed by atoms with Gasteiger partial charge in [0.15, 0.2) is 5.65 Å². The number of benzene rings is 5. The maximum atomic E-state index is 5.21. The molecule has 9 aromatic rings. The molecule has 0 atom stereocenters. The first-order valence-electron chi connectivity index (χ1n) is 12.1. The average Bonchev–Trinajstić information content (AvgIpc) is 3.58. The van der Waals surface area contributed by atoms with Gasteiger partial charge in [-0.25, -0.2) is 9.97 Å². The highest BCUT2D eigenvalue weighted by Gasteiger charge is 2.24. The van der Waals surface area contributed by atoms with Crippen LogP contribution in [0.4, 0.5) is 0 Å². The number of fused-ring (bicyclic) bond motifs is 11. The Bertz CT molecular complexity index is 2310. The summed E-state index contributed by atoms with van der Waals surface area (Å²) in [6.07, 6.45) is 0. The van der Waals surface area contributed by atoms with Gasteiger partial charge in [-0.2, -0.15) is 0 Å². The maximum Gasteiger partial charge on any atom is 0.165 e. The minimum atomic E-state index is 0.924. The molecule has 0 unspecified atom stereocenters. The Morgan fingerprint density at radius 1 is 0.611 bits per heavy atom. The van der Waals surface area contributed by atoms with Crippen LogP contribution in [0.5, 0.6) is 0 Å². The summed E-state index contributed by atoms with van der Waals surface area (Å²) in [5, 5.41) is 6.31. The van der Waals surface area contributed by atoms with Gasteiger partial charge in [0.25, 0.3) is 0 Å². The third-order valence-electron chi connectivity index (χ3n) is 7.50. The quantitative estimate of drug-likeness (QED) is 0.237. The van der Waals surface area contributed by atoms with Gasteiger partial charge < -0.3 is 0 Å². The van der Waals surface area contributed by atoms with Crippen LogP contribution in [0.2, 0.25) is 0 Å². The van der Waals surface area contributed by atoms with E-state index in [-0.39, 0.29) is 0 Å². The van der Waals surface area contributed by atoms with Crippen molar-refractivity contribution in [3.05, 3.63) is 103 Å². The fourth-order valence-corrected chi connectivity index (χ4v) is 7.30. The molecule has 0 amide bonds. The van der Waals surface area contributed by atoms with E-state index in [4.69, 9.17) is 9.97 Å². The van der Waals surface area contributed by atoms with E-state index >= 15 is 0 Å². The second kappa shape index (κ2) is 6.56. The van der Waals surface area contributed by atoms with Gasteiger partial charge >= 0.3 is 0 Å². The van der Waals surface area contributed by atoms with Crippen molar-refractivity contribution in [2.75, 3.05) is 0 Å². The van der Waals surface area contributed by atoms with Crippen LogP contribution < -0.4 is 0 Å². The van der Waals surface area contributed by atoms with Crippen molar-refractivity contribution in [3.8, 4) is 11.1 Å². The molecule has 4 aromatic heterocycles. The van der Waals surface area contributed by atoms with Crippen molar-refractivity contribution < 1.29 is 0 Å². The molecule has 4 heteroatoms. The number of para-hydroxylation sites is 3. The van der Waals surface area contributed by atoms with Crippen LogP contribution in [0.3, 0.4) is 0 Å². The number of rotatable bonds is 1. The first-order valence-corrected chi connectivity index (χ1v) is 12.9. The van der Waals surface area contributed by atoms with E-state index in [0.29, 0.717) is 0 Å². The summed E-state index contributed by atoms with van der Waals surface area (Å²) >= 11 is 1.88. The molecule has 166 valence electrons. The van der Waals surface area contributed by atoms with Crippen molar-refractivity contribution in [1.82, 2.24) is 14.4 Å². The Labute approximate surface area is 209 Å². The van der Waals surface area contributed by atoms with E-state index in [1.165, 1.54) is 58.5 Å². The van der Waals surface area contributed by atoms with Crippen LogP contribution in [0.15, 0.2) is 103 Å². The molecule has 36 heavy (non-hydrogen) atoms. The Balaban J connectivity index is 1.58. The van der Waals surface area contributed by atoms with E-state index in [2.05, 4.69) is 95.4 Å².